The molecule has 2 unspecified atom stereocenters. The highest BCUT2D eigenvalue weighted by Crippen LogP contribution is 2.46. The Morgan fingerprint density at radius 1 is 1.28 bits per heavy atom. The average Bonchev–Trinajstić information content (AvgIpc) is 3.43. The zero-order valence-corrected chi connectivity index (χ0v) is 16.3. The molecule has 0 aromatic carbocycles. The lowest BCUT2D eigenvalue weighted by Crippen LogP contribution is -2.35. The van der Waals surface area contributed by atoms with Gasteiger partial charge in [-0.1, -0.05) is 25.4 Å². The fraction of sp³-hybridized carbons (Fsp3) is 0.632. The summed E-state index contributed by atoms with van der Waals surface area (Å²) in [6.07, 6.45) is 4.36. The molecule has 0 bridgehead atoms. The van der Waals surface area contributed by atoms with Gasteiger partial charge in [0.05, 0.1) is 5.56 Å². The number of piperidine rings is 1. The average molecular weight is 366 g/mol. The zero-order valence-electron chi connectivity index (χ0n) is 15.5. The van der Waals surface area contributed by atoms with Gasteiger partial charge in [-0.15, -0.1) is 0 Å². The van der Waals surface area contributed by atoms with E-state index in [1.54, 1.807) is 20.2 Å². The number of hydrogen-bond acceptors (Lipinski definition) is 4. The Hall–Kier alpha value is -1.62. The van der Waals surface area contributed by atoms with Crippen LogP contribution in [0.3, 0.4) is 0 Å². The second kappa shape index (κ2) is 8.65. The minimum absolute atomic E-state index is 0.138. The standard InChI is InChI=1S/C17H22ClN3O2.C2H6/c1-20(2)17(23)13-3-4-15(19-16(13)18)21-7-5-11(6-8-21)14-9-12(14)10-22;1-2/h3-4,10-12,14H,5-9H2,1-2H3;1-2H3. The molecular weight excluding hydrogens is 338 g/mol. The van der Waals surface area contributed by atoms with Crippen molar-refractivity contribution in [3.8, 4) is 0 Å². The maximum Gasteiger partial charge on any atom is 0.256 e. The number of nitrogens with zero attached hydrogens (tertiary/aromatic N) is 3. The van der Waals surface area contributed by atoms with Crippen molar-refractivity contribution < 1.29 is 9.59 Å². The molecule has 1 saturated carbocycles. The molecule has 3 rings (SSSR count). The van der Waals surface area contributed by atoms with Crippen molar-refractivity contribution in [2.75, 3.05) is 32.1 Å². The molecule has 2 heterocycles. The number of halogens is 1. The van der Waals surface area contributed by atoms with Gasteiger partial charge in [0.1, 0.15) is 17.3 Å². The third-order valence-electron chi connectivity index (χ3n) is 5.01. The topological polar surface area (TPSA) is 53.5 Å². The van der Waals surface area contributed by atoms with Gasteiger partial charge < -0.3 is 14.6 Å². The van der Waals surface area contributed by atoms with Crippen LogP contribution in [0, 0.1) is 17.8 Å². The monoisotopic (exact) mass is 365 g/mol. The fourth-order valence-corrected chi connectivity index (χ4v) is 3.72. The number of aldehydes is 1. The maximum atomic E-state index is 12.0. The predicted molar refractivity (Wildman–Crippen MR) is 101 cm³/mol. The molecule has 0 spiro atoms. The molecule has 1 aromatic heterocycles. The lowest BCUT2D eigenvalue weighted by molar-refractivity contribution is -0.109. The quantitative estimate of drug-likeness (QED) is 0.605. The minimum Gasteiger partial charge on any atom is -0.357 e. The van der Waals surface area contributed by atoms with E-state index >= 15 is 0 Å². The molecule has 25 heavy (non-hydrogen) atoms. The molecule has 1 aliphatic heterocycles. The fourth-order valence-electron chi connectivity index (χ4n) is 3.49. The van der Waals surface area contributed by atoms with E-state index in [9.17, 15) is 9.59 Å². The van der Waals surface area contributed by atoms with Crippen molar-refractivity contribution in [1.29, 1.82) is 0 Å². The number of rotatable bonds is 4. The highest BCUT2D eigenvalue weighted by Gasteiger charge is 2.43. The molecule has 1 saturated heterocycles. The van der Waals surface area contributed by atoms with Crippen LogP contribution in [0.5, 0.6) is 0 Å². The second-order valence-electron chi connectivity index (χ2n) is 6.73. The first kappa shape index (κ1) is 19.7. The first-order valence-electron chi connectivity index (χ1n) is 9.09. The molecule has 0 N–H and O–H groups in total. The van der Waals surface area contributed by atoms with Gasteiger partial charge in [0.25, 0.3) is 5.91 Å². The van der Waals surface area contributed by atoms with Gasteiger partial charge in [-0.2, -0.15) is 0 Å². The van der Waals surface area contributed by atoms with Crippen molar-refractivity contribution in [1.82, 2.24) is 9.88 Å². The predicted octanol–water partition coefficient (Wildman–Crippen LogP) is 3.51. The number of pyridine rings is 1. The Bertz CT molecular complexity index is 613. The summed E-state index contributed by atoms with van der Waals surface area (Å²) in [7, 11) is 3.39. The van der Waals surface area contributed by atoms with E-state index in [-0.39, 0.29) is 11.1 Å². The smallest absolute Gasteiger partial charge is 0.256 e. The second-order valence-corrected chi connectivity index (χ2v) is 7.09. The highest BCUT2D eigenvalue weighted by atomic mass is 35.5. The van der Waals surface area contributed by atoms with E-state index in [2.05, 4.69) is 9.88 Å². The van der Waals surface area contributed by atoms with Crippen molar-refractivity contribution in [2.45, 2.75) is 33.1 Å². The van der Waals surface area contributed by atoms with Crippen LogP contribution < -0.4 is 4.90 Å². The number of hydrogen-bond donors (Lipinski definition) is 0. The van der Waals surface area contributed by atoms with E-state index in [1.165, 1.54) is 4.90 Å². The van der Waals surface area contributed by atoms with E-state index in [0.29, 0.717) is 23.3 Å². The molecule has 5 nitrogen and oxygen atoms in total. The van der Waals surface area contributed by atoms with Gasteiger partial charge in [0.15, 0.2) is 0 Å². The van der Waals surface area contributed by atoms with Crippen molar-refractivity contribution >= 4 is 29.6 Å². The Labute approximate surface area is 155 Å². The molecule has 2 fully saturated rings. The molecule has 1 amide bonds. The van der Waals surface area contributed by atoms with Crippen LogP contribution in [-0.4, -0.2) is 49.3 Å². The van der Waals surface area contributed by atoms with E-state index in [4.69, 9.17) is 11.6 Å². The zero-order chi connectivity index (χ0) is 18.6. The van der Waals surface area contributed by atoms with Crippen LogP contribution >= 0.6 is 11.6 Å². The number of aromatic nitrogens is 1. The van der Waals surface area contributed by atoms with Crippen molar-refractivity contribution in [3.05, 3.63) is 22.8 Å². The van der Waals surface area contributed by atoms with E-state index in [1.807, 2.05) is 19.9 Å². The van der Waals surface area contributed by atoms with Crippen LogP contribution in [-0.2, 0) is 4.79 Å². The molecule has 1 aromatic rings. The lowest BCUT2D eigenvalue weighted by Gasteiger charge is -2.33. The summed E-state index contributed by atoms with van der Waals surface area (Å²) in [6.45, 7) is 5.86. The van der Waals surface area contributed by atoms with Gasteiger partial charge in [0, 0.05) is 33.1 Å². The van der Waals surface area contributed by atoms with Crippen LogP contribution in [0.1, 0.15) is 43.5 Å². The first-order chi connectivity index (χ1) is 12.0. The third kappa shape index (κ3) is 4.51. The molecule has 1 aliphatic carbocycles. The highest BCUT2D eigenvalue weighted by molar-refractivity contribution is 6.32. The maximum absolute atomic E-state index is 12.0. The molecule has 2 atom stereocenters. The lowest BCUT2D eigenvalue weighted by atomic mass is 9.91. The first-order valence-corrected chi connectivity index (χ1v) is 9.47. The van der Waals surface area contributed by atoms with Crippen LogP contribution in [0.15, 0.2) is 12.1 Å². The van der Waals surface area contributed by atoms with Gasteiger partial charge in [-0.3, -0.25) is 4.79 Å². The Morgan fingerprint density at radius 2 is 1.92 bits per heavy atom. The number of anilines is 1. The van der Waals surface area contributed by atoms with Gasteiger partial charge >= 0.3 is 0 Å². The third-order valence-corrected chi connectivity index (χ3v) is 5.29. The normalized spacial score (nSPS) is 22.7. The summed E-state index contributed by atoms with van der Waals surface area (Å²) < 4.78 is 0. The summed E-state index contributed by atoms with van der Waals surface area (Å²) in [5, 5.41) is 0.256. The van der Waals surface area contributed by atoms with Crippen LogP contribution in [0.2, 0.25) is 5.15 Å². The molecule has 0 radical (unpaired) electrons. The SMILES string of the molecule is CC.CN(C)C(=O)c1ccc(N2CCC(C3CC3C=O)CC2)nc1Cl. The summed E-state index contributed by atoms with van der Waals surface area (Å²) >= 11 is 6.19. The van der Waals surface area contributed by atoms with E-state index < -0.39 is 0 Å². The number of carbonyl (C=O) groups excluding carboxylic acids is 2. The molecule has 138 valence electrons. The Morgan fingerprint density at radius 3 is 2.40 bits per heavy atom. The van der Waals surface area contributed by atoms with Crippen LogP contribution in [0.4, 0.5) is 5.82 Å². The molecule has 6 heteroatoms. The Balaban J connectivity index is 0.00000109. The molecular formula is C19H28ClN3O2. The van der Waals surface area contributed by atoms with Gasteiger partial charge in [0.2, 0.25) is 0 Å². The minimum atomic E-state index is -0.138. The van der Waals surface area contributed by atoms with Gasteiger partial charge in [-0.05, 0) is 43.2 Å². The van der Waals surface area contributed by atoms with Crippen LogP contribution in [0.25, 0.3) is 0 Å². The summed E-state index contributed by atoms with van der Waals surface area (Å²) in [6, 6.07) is 3.62. The summed E-state index contributed by atoms with van der Waals surface area (Å²) in [4.78, 5) is 30.9. The Kier molecular flexibility index (Phi) is 6.82. The number of amides is 1. The summed E-state index contributed by atoms with van der Waals surface area (Å²) in [5.74, 6) is 2.25. The van der Waals surface area contributed by atoms with Gasteiger partial charge in [-0.25, -0.2) is 4.98 Å². The summed E-state index contributed by atoms with van der Waals surface area (Å²) in [5.41, 5.74) is 0.433. The number of carbonyl (C=O) groups is 2. The van der Waals surface area contributed by atoms with Crippen molar-refractivity contribution in [2.24, 2.45) is 17.8 Å². The van der Waals surface area contributed by atoms with Crippen molar-refractivity contribution in [3.63, 3.8) is 0 Å². The largest absolute Gasteiger partial charge is 0.357 e. The van der Waals surface area contributed by atoms with E-state index in [0.717, 1.165) is 44.5 Å². The molecule has 2 aliphatic rings.